The van der Waals surface area contributed by atoms with Crippen LogP contribution in [0.3, 0.4) is 0 Å². The number of aliphatic carboxylic acids is 1. The average molecular weight is 356 g/mol. The molecule has 138 valence electrons. The van der Waals surface area contributed by atoms with Crippen molar-refractivity contribution < 1.29 is 14.7 Å². The van der Waals surface area contributed by atoms with Crippen molar-refractivity contribution in [1.82, 2.24) is 14.7 Å². The Hall–Kier alpha value is -2.67. The summed E-state index contributed by atoms with van der Waals surface area (Å²) < 4.78 is 1.75. The van der Waals surface area contributed by atoms with Crippen molar-refractivity contribution in [2.24, 2.45) is 0 Å². The standard InChI is InChI=1S/C19H24N4O3/c1-22(13-19(25)26)12-18(24)20-17-11-16(14-7-5-6-8-14)21-23(17)15-9-3-2-4-10-15/h2-4,9-11,14H,5-8,12-13H2,1H3,(H,20,24)(H,25,26). The second-order valence-electron chi connectivity index (χ2n) is 6.80. The van der Waals surface area contributed by atoms with Gasteiger partial charge in [-0.1, -0.05) is 31.0 Å². The first-order chi connectivity index (χ1) is 12.5. The molecule has 0 saturated heterocycles. The number of amides is 1. The Morgan fingerprint density at radius 3 is 2.58 bits per heavy atom. The summed E-state index contributed by atoms with van der Waals surface area (Å²) in [5.41, 5.74) is 1.88. The average Bonchev–Trinajstić information content (AvgIpc) is 3.24. The zero-order valence-corrected chi connectivity index (χ0v) is 14.9. The minimum Gasteiger partial charge on any atom is -0.480 e. The molecular formula is C19H24N4O3. The molecule has 1 aromatic carbocycles. The molecule has 0 radical (unpaired) electrons. The van der Waals surface area contributed by atoms with Gasteiger partial charge in [0.05, 0.1) is 24.5 Å². The maximum absolute atomic E-state index is 12.3. The molecule has 1 saturated carbocycles. The molecule has 2 N–H and O–H groups in total. The SMILES string of the molecule is CN(CC(=O)O)CC(=O)Nc1cc(C2CCCC2)nn1-c1ccccc1. The fourth-order valence-corrected chi connectivity index (χ4v) is 3.39. The minimum absolute atomic E-state index is 0.00499. The van der Waals surface area contributed by atoms with Gasteiger partial charge in [-0.05, 0) is 32.0 Å². The second kappa shape index (κ2) is 8.14. The molecule has 3 rings (SSSR count). The van der Waals surface area contributed by atoms with E-state index < -0.39 is 5.97 Å². The second-order valence-corrected chi connectivity index (χ2v) is 6.80. The van der Waals surface area contributed by atoms with Gasteiger partial charge in [-0.25, -0.2) is 4.68 Å². The van der Waals surface area contributed by atoms with Gasteiger partial charge in [0.25, 0.3) is 0 Å². The van der Waals surface area contributed by atoms with Gasteiger partial charge in [-0.2, -0.15) is 5.10 Å². The Morgan fingerprint density at radius 1 is 1.23 bits per heavy atom. The number of benzene rings is 1. The van der Waals surface area contributed by atoms with Gasteiger partial charge in [0.1, 0.15) is 5.82 Å². The van der Waals surface area contributed by atoms with Crippen LogP contribution in [-0.2, 0) is 9.59 Å². The number of likely N-dealkylation sites (N-methyl/N-ethyl adjacent to an activating group) is 1. The molecule has 1 aromatic heterocycles. The third-order valence-corrected chi connectivity index (χ3v) is 4.59. The summed E-state index contributed by atoms with van der Waals surface area (Å²) in [6.45, 7) is -0.177. The predicted octanol–water partition coefficient (Wildman–Crippen LogP) is 2.48. The number of hydrogen-bond donors (Lipinski definition) is 2. The maximum Gasteiger partial charge on any atom is 0.317 e. The van der Waals surface area contributed by atoms with E-state index in [0.29, 0.717) is 11.7 Å². The molecular weight excluding hydrogens is 332 g/mol. The van der Waals surface area contributed by atoms with E-state index >= 15 is 0 Å². The molecule has 0 aliphatic heterocycles. The summed E-state index contributed by atoms with van der Waals surface area (Å²) in [6.07, 6.45) is 4.68. The highest BCUT2D eigenvalue weighted by Gasteiger charge is 2.22. The number of aromatic nitrogens is 2. The summed E-state index contributed by atoms with van der Waals surface area (Å²) in [5.74, 6) is -0.168. The molecule has 0 spiro atoms. The zero-order chi connectivity index (χ0) is 18.5. The molecule has 0 unspecified atom stereocenters. The van der Waals surface area contributed by atoms with Gasteiger partial charge in [0.15, 0.2) is 0 Å². The molecule has 7 heteroatoms. The number of carbonyl (C=O) groups is 2. The smallest absolute Gasteiger partial charge is 0.317 e. The Kier molecular flexibility index (Phi) is 5.68. The van der Waals surface area contributed by atoms with Crippen LogP contribution in [0.2, 0.25) is 0 Å². The Morgan fingerprint density at radius 2 is 1.92 bits per heavy atom. The number of rotatable bonds is 7. The summed E-state index contributed by atoms with van der Waals surface area (Å²) in [6, 6.07) is 11.6. The lowest BCUT2D eigenvalue weighted by Crippen LogP contribution is -2.34. The molecule has 26 heavy (non-hydrogen) atoms. The van der Waals surface area contributed by atoms with Crippen molar-refractivity contribution in [3.05, 3.63) is 42.1 Å². The van der Waals surface area contributed by atoms with E-state index in [-0.39, 0.29) is 19.0 Å². The highest BCUT2D eigenvalue weighted by atomic mass is 16.4. The number of carbonyl (C=O) groups excluding carboxylic acids is 1. The quantitative estimate of drug-likeness (QED) is 0.796. The first-order valence-corrected chi connectivity index (χ1v) is 8.88. The van der Waals surface area contributed by atoms with Gasteiger partial charge in [0.2, 0.25) is 5.91 Å². The van der Waals surface area contributed by atoms with Crippen LogP contribution in [0.1, 0.15) is 37.3 Å². The number of carboxylic acid groups (broad SMARTS) is 1. The number of nitrogens with zero attached hydrogens (tertiary/aromatic N) is 3. The van der Waals surface area contributed by atoms with Crippen molar-refractivity contribution >= 4 is 17.7 Å². The van der Waals surface area contributed by atoms with Crippen molar-refractivity contribution in [3.8, 4) is 5.69 Å². The van der Waals surface area contributed by atoms with Crippen LogP contribution >= 0.6 is 0 Å². The normalized spacial score (nSPS) is 14.7. The van der Waals surface area contributed by atoms with Crippen molar-refractivity contribution in [3.63, 3.8) is 0 Å². The van der Waals surface area contributed by atoms with E-state index in [1.54, 1.807) is 11.7 Å². The van der Waals surface area contributed by atoms with E-state index in [9.17, 15) is 9.59 Å². The van der Waals surface area contributed by atoms with Crippen LogP contribution < -0.4 is 5.32 Å². The van der Waals surface area contributed by atoms with Crippen LogP contribution in [0, 0.1) is 0 Å². The molecule has 0 atom stereocenters. The monoisotopic (exact) mass is 356 g/mol. The van der Waals surface area contributed by atoms with Crippen LogP contribution in [0.4, 0.5) is 5.82 Å². The molecule has 1 amide bonds. The molecule has 1 fully saturated rings. The zero-order valence-electron chi connectivity index (χ0n) is 14.9. The Balaban J connectivity index is 1.80. The van der Waals surface area contributed by atoms with Gasteiger partial charge >= 0.3 is 5.97 Å². The lowest BCUT2D eigenvalue weighted by molar-refractivity contribution is -0.138. The number of para-hydroxylation sites is 1. The van der Waals surface area contributed by atoms with Crippen LogP contribution in [0.5, 0.6) is 0 Å². The first kappa shape index (κ1) is 18.1. The third kappa shape index (κ3) is 4.49. The molecule has 1 aliphatic carbocycles. The number of anilines is 1. The molecule has 7 nitrogen and oxygen atoms in total. The molecule has 2 aromatic rings. The summed E-state index contributed by atoms with van der Waals surface area (Å²) in [4.78, 5) is 24.5. The van der Waals surface area contributed by atoms with Gasteiger partial charge in [-0.15, -0.1) is 0 Å². The van der Waals surface area contributed by atoms with Gasteiger partial charge < -0.3 is 10.4 Å². The van der Waals surface area contributed by atoms with Crippen LogP contribution in [0.25, 0.3) is 5.69 Å². The van der Waals surface area contributed by atoms with E-state index in [4.69, 9.17) is 10.2 Å². The van der Waals surface area contributed by atoms with E-state index in [2.05, 4.69) is 5.32 Å². The summed E-state index contributed by atoms with van der Waals surface area (Å²) in [5, 5.41) is 16.4. The lowest BCUT2D eigenvalue weighted by atomic mass is 10.0. The minimum atomic E-state index is -0.960. The third-order valence-electron chi connectivity index (χ3n) is 4.59. The fourth-order valence-electron chi connectivity index (χ4n) is 3.39. The summed E-state index contributed by atoms with van der Waals surface area (Å²) >= 11 is 0. The van der Waals surface area contributed by atoms with Gasteiger partial charge in [0, 0.05) is 12.0 Å². The largest absolute Gasteiger partial charge is 0.480 e. The Labute approximate surface area is 152 Å². The number of nitrogens with one attached hydrogen (secondary N) is 1. The van der Waals surface area contributed by atoms with Crippen molar-refractivity contribution in [1.29, 1.82) is 0 Å². The summed E-state index contributed by atoms with van der Waals surface area (Å²) in [7, 11) is 1.60. The highest BCUT2D eigenvalue weighted by Crippen LogP contribution is 2.35. The Bertz CT molecular complexity index is 766. The highest BCUT2D eigenvalue weighted by molar-refractivity contribution is 5.92. The molecule has 1 aliphatic rings. The van der Waals surface area contributed by atoms with E-state index in [1.807, 2.05) is 36.4 Å². The fraction of sp³-hybridized carbons (Fsp3) is 0.421. The lowest BCUT2D eigenvalue weighted by Gasteiger charge is -2.14. The van der Waals surface area contributed by atoms with Crippen LogP contribution in [0.15, 0.2) is 36.4 Å². The maximum atomic E-state index is 12.3. The predicted molar refractivity (Wildman–Crippen MR) is 98.5 cm³/mol. The first-order valence-electron chi connectivity index (χ1n) is 8.88. The van der Waals surface area contributed by atoms with E-state index in [1.165, 1.54) is 17.7 Å². The van der Waals surface area contributed by atoms with E-state index in [0.717, 1.165) is 24.2 Å². The van der Waals surface area contributed by atoms with Crippen molar-refractivity contribution in [2.45, 2.75) is 31.6 Å². The van der Waals surface area contributed by atoms with Crippen molar-refractivity contribution in [2.75, 3.05) is 25.5 Å². The van der Waals surface area contributed by atoms with Crippen LogP contribution in [-0.4, -0.2) is 51.8 Å². The topological polar surface area (TPSA) is 87.5 Å². The number of hydrogen-bond acceptors (Lipinski definition) is 4. The van der Waals surface area contributed by atoms with Gasteiger partial charge in [-0.3, -0.25) is 14.5 Å². The number of carboxylic acids is 1. The molecule has 1 heterocycles. The molecule has 0 bridgehead atoms.